The van der Waals surface area contributed by atoms with Crippen molar-refractivity contribution in [2.75, 3.05) is 26.2 Å². The average molecular weight is 196 g/mol. The standard InChI is InChI=1S/C11H20N2O/c1-8(2)12-4-10-6-13(9(3)14)7-11(10)5-12/h8,10-11H,4-7H2,1-3H3/t10-,11?/m1/s1. The van der Waals surface area contributed by atoms with Crippen molar-refractivity contribution >= 4 is 5.91 Å². The van der Waals surface area contributed by atoms with Crippen LogP contribution in [0, 0.1) is 11.8 Å². The predicted molar refractivity (Wildman–Crippen MR) is 55.9 cm³/mol. The van der Waals surface area contributed by atoms with Crippen LogP contribution in [0.5, 0.6) is 0 Å². The van der Waals surface area contributed by atoms with Gasteiger partial charge in [0, 0.05) is 39.1 Å². The Morgan fingerprint density at radius 2 is 1.64 bits per heavy atom. The summed E-state index contributed by atoms with van der Waals surface area (Å²) in [6.07, 6.45) is 0. The molecular weight excluding hydrogens is 176 g/mol. The van der Waals surface area contributed by atoms with Gasteiger partial charge in [0.1, 0.15) is 0 Å². The molecule has 2 fully saturated rings. The van der Waals surface area contributed by atoms with Crippen molar-refractivity contribution in [3.8, 4) is 0 Å². The summed E-state index contributed by atoms with van der Waals surface area (Å²) in [5, 5.41) is 0. The number of amides is 1. The van der Waals surface area contributed by atoms with Crippen LogP contribution < -0.4 is 0 Å². The van der Waals surface area contributed by atoms with Crippen molar-refractivity contribution < 1.29 is 4.79 Å². The fraction of sp³-hybridized carbons (Fsp3) is 0.909. The number of rotatable bonds is 1. The quantitative estimate of drug-likeness (QED) is 0.619. The van der Waals surface area contributed by atoms with Gasteiger partial charge in [-0.1, -0.05) is 0 Å². The van der Waals surface area contributed by atoms with Crippen molar-refractivity contribution in [3.05, 3.63) is 0 Å². The zero-order valence-electron chi connectivity index (χ0n) is 9.36. The van der Waals surface area contributed by atoms with Gasteiger partial charge in [0.15, 0.2) is 0 Å². The number of carbonyl (C=O) groups excluding carboxylic acids is 1. The third-order valence-corrected chi connectivity index (χ3v) is 3.69. The Bertz CT molecular complexity index is 225. The molecule has 0 N–H and O–H groups in total. The third kappa shape index (κ3) is 1.65. The van der Waals surface area contributed by atoms with Gasteiger partial charge < -0.3 is 9.80 Å². The number of nitrogens with zero attached hydrogens (tertiary/aromatic N) is 2. The number of hydrogen-bond acceptors (Lipinski definition) is 2. The van der Waals surface area contributed by atoms with E-state index in [1.165, 1.54) is 13.1 Å². The second kappa shape index (κ2) is 3.54. The van der Waals surface area contributed by atoms with E-state index in [1.807, 2.05) is 4.90 Å². The Hall–Kier alpha value is -0.570. The van der Waals surface area contributed by atoms with Gasteiger partial charge in [0.2, 0.25) is 5.91 Å². The fourth-order valence-electron chi connectivity index (χ4n) is 2.71. The highest BCUT2D eigenvalue weighted by Gasteiger charge is 2.41. The SMILES string of the molecule is CC(=O)N1CC2CN(C(C)C)C[C@@H]2C1. The van der Waals surface area contributed by atoms with E-state index in [0.717, 1.165) is 24.9 Å². The van der Waals surface area contributed by atoms with Gasteiger partial charge in [-0.05, 0) is 25.7 Å². The minimum absolute atomic E-state index is 0.246. The topological polar surface area (TPSA) is 23.6 Å². The molecule has 0 bridgehead atoms. The molecule has 3 nitrogen and oxygen atoms in total. The van der Waals surface area contributed by atoms with E-state index in [1.54, 1.807) is 6.92 Å². The van der Waals surface area contributed by atoms with Crippen LogP contribution in [0.4, 0.5) is 0 Å². The predicted octanol–water partition coefficient (Wildman–Crippen LogP) is 0.805. The molecule has 80 valence electrons. The van der Waals surface area contributed by atoms with Crippen LogP contribution >= 0.6 is 0 Å². The van der Waals surface area contributed by atoms with Gasteiger partial charge in [0.05, 0.1) is 0 Å². The molecule has 2 rings (SSSR count). The van der Waals surface area contributed by atoms with Crippen molar-refractivity contribution in [1.82, 2.24) is 9.80 Å². The summed E-state index contributed by atoms with van der Waals surface area (Å²) in [5.74, 6) is 1.72. The normalized spacial score (nSPS) is 32.7. The maximum Gasteiger partial charge on any atom is 0.219 e. The highest BCUT2D eigenvalue weighted by atomic mass is 16.2. The molecule has 0 aromatic rings. The Balaban J connectivity index is 1.93. The molecule has 14 heavy (non-hydrogen) atoms. The minimum atomic E-state index is 0.246. The molecule has 2 aliphatic rings. The van der Waals surface area contributed by atoms with Crippen LogP contribution in [-0.2, 0) is 4.79 Å². The molecule has 1 amide bonds. The van der Waals surface area contributed by atoms with Crippen LogP contribution in [0.1, 0.15) is 20.8 Å². The lowest BCUT2D eigenvalue weighted by molar-refractivity contribution is -0.128. The van der Waals surface area contributed by atoms with E-state index in [4.69, 9.17) is 0 Å². The highest BCUT2D eigenvalue weighted by Crippen LogP contribution is 2.31. The van der Waals surface area contributed by atoms with E-state index in [2.05, 4.69) is 18.7 Å². The molecule has 2 heterocycles. The summed E-state index contributed by atoms with van der Waals surface area (Å²) in [6, 6.07) is 0.659. The van der Waals surface area contributed by atoms with Crippen LogP contribution in [0.3, 0.4) is 0 Å². The highest BCUT2D eigenvalue weighted by molar-refractivity contribution is 5.73. The van der Waals surface area contributed by atoms with Gasteiger partial charge in [-0.3, -0.25) is 4.79 Å². The lowest BCUT2D eigenvalue weighted by atomic mass is 10.0. The van der Waals surface area contributed by atoms with Crippen LogP contribution in [-0.4, -0.2) is 47.9 Å². The first-order valence-electron chi connectivity index (χ1n) is 5.57. The second-order valence-corrected chi connectivity index (χ2v) is 4.99. The summed E-state index contributed by atoms with van der Waals surface area (Å²) >= 11 is 0. The second-order valence-electron chi connectivity index (χ2n) is 4.99. The average Bonchev–Trinajstić information content (AvgIpc) is 2.57. The largest absolute Gasteiger partial charge is 0.342 e. The number of hydrogen-bond donors (Lipinski definition) is 0. The Morgan fingerprint density at radius 3 is 2.00 bits per heavy atom. The molecule has 3 heteroatoms. The van der Waals surface area contributed by atoms with Gasteiger partial charge in [-0.15, -0.1) is 0 Å². The lowest BCUT2D eigenvalue weighted by Gasteiger charge is -2.23. The zero-order valence-corrected chi connectivity index (χ0v) is 9.36. The zero-order chi connectivity index (χ0) is 10.3. The van der Waals surface area contributed by atoms with Gasteiger partial charge in [0.25, 0.3) is 0 Å². The number of carbonyl (C=O) groups is 1. The Labute approximate surface area is 86.1 Å². The maximum absolute atomic E-state index is 11.2. The van der Waals surface area contributed by atoms with E-state index < -0.39 is 0 Å². The van der Waals surface area contributed by atoms with Crippen molar-refractivity contribution in [2.24, 2.45) is 11.8 Å². The summed E-state index contributed by atoms with van der Waals surface area (Å²) in [6.45, 7) is 10.5. The van der Waals surface area contributed by atoms with Gasteiger partial charge in [-0.2, -0.15) is 0 Å². The molecule has 2 aliphatic heterocycles. The smallest absolute Gasteiger partial charge is 0.219 e. The van der Waals surface area contributed by atoms with Crippen LogP contribution in [0.15, 0.2) is 0 Å². The molecule has 0 aromatic carbocycles. The maximum atomic E-state index is 11.2. The van der Waals surface area contributed by atoms with E-state index >= 15 is 0 Å². The molecular formula is C11H20N2O. The summed E-state index contributed by atoms with van der Waals surface area (Å²) < 4.78 is 0. The Morgan fingerprint density at radius 1 is 1.14 bits per heavy atom. The fourth-order valence-corrected chi connectivity index (χ4v) is 2.71. The molecule has 2 atom stereocenters. The lowest BCUT2D eigenvalue weighted by Crippen LogP contribution is -2.34. The van der Waals surface area contributed by atoms with E-state index in [-0.39, 0.29) is 5.91 Å². The van der Waals surface area contributed by atoms with Crippen molar-refractivity contribution in [2.45, 2.75) is 26.8 Å². The molecule has 0 aromatic heterocycles. The van der Waals surface area contributed by atoms with Crippen molar-refractivity contribution in [3.63, 3.8) is 0 Å². The van der Waals surface area contributed by atoms with E-state index in [0.29, 0.717) is 6.04 Å². The summed E-state index contributed by atoms with van der Waals surface area (Å²) in [7, 11) is 0. The first-order chi connectivity index (χ1) is 6.58. The van der Waals surface area contributed by atoms with Gasteiger partial charge in [-0.25, -0.2) is 0 Å². The molecule has 0 spiro atoms. The monoisotopic (exact) mass is 196 g/mol. The molecule has 0 radical (unpaired) electrons. The van der Waals surface area contributed by atoms with Crippen LogP contribution in [0.2, 0.25) is 0 Å². The van der Waals surface area contributed by atoms with Crippen LogP contribution in [0.25, 0.3) is 0 Å². The van der Waals surface area contributed by atoms with Crippen molar-refractivity contribution in [1.29, 1.82) is 0 Å². The first-order valence-corrected chi connectivity index (χ1v) is 5.57. The third-order valence-electron chi connectivity index (χ3n) is 3.69. The summed E-state index contributed by atoms with van der Waals surface area (Å²) in [4.78, 5) is 15.7. The molecule has 0 saturated carbocycles. The first kappa shape index (κ1) is 9.97. The van der Waals surface area contributed by atoms with Gasteiger partial charge >= 0.3 is 0 Å². The van der Waals surface area contributed by atoms with E-state index in [9.17, 15) is 4.79 Å². The summed E-state index contributed by atoms with van der Waals surface area (Å²) in [5.41, 5.74) is 0. The molecule has 1 unspecified atom stereocenters. The Kier molecular flexibility index (Phi) is 2.52. The number of likely N-dealkylation sites (tertiary alicyclic amines) is 2. The molecule has 0 aliphatic carbocycles. The number of fused-ring (bicyclic) bond motifs is 1. The minimum Gasteiger partial charge on any atom is -0.342 e. The molecule has 2 saturated heterocycles.